The predicted molar refractivity (Wildman–Crippen MR) is 139 cm³/mol. The van der Waals surface area contributed by atoms with Gasteiger partial charge in [0.15, 0.2) is 0 Å². The van der Waals surface area contributed by atoms with Gasteiger partial charge in [-0.2, -0.15) is 0 Å². The Hall–Kier alpha value is -2.19. The van der Waals surface area contributed by atoms with Crippen molar-refractivity contribution in [1.82, 2.24) is 9.80 Å². The van der Waals surface area contributed by atoms with Gasteiger partial charge in [0.25, 0.3) is 0 Å². The highest BCUT2D eigenvalue weighted by atomic mass is 16.6. The van der Waals surface area contributed by atoms with E-state index in [9.17, 15) is 19.5 Å². The number of carbonyl (C=O) groups is 3. The third-order valence-electron chi connectivity index (χ3n) is 8.61. The summed E-state index contributed by atoms with van der Waals surface area (Å²) >= 11 is 0. The van der Waals surface area contributed by atoms with E-state index in [0.29, 0.717) is 25.8 Å². The van der Waals surface area contributed by atoms with Gasteiger partial charge in [-0.1, -0.05) is 58.9 Å². The minimum Gasteiger partial charge on any atom is -0.465 e. The zero-order chi connectivity index (χ0) is 27.4. The first-order chi connectivity index (χ1) is 17.3. The lowest BCUT2D eigenvalue weighted by Gasteiger charge is -2.46. The molecule has 4 heterocycles. The Balaban J connectivity index is 1.90. The van der Waals surface area contributed by atoms with Crippen LogP contribution in [0.2, 0.25) is 0 Å². The molecule has 0 aromatic carbocycles. The Labute approximate surface area is 221 Å². The Bertz CT molecular complexity index is 993. The van der Waals surface area contributed by atoms with Gasteiger partial charge in [0.2, 0.25) is 11.8 Å². The maximum absolute atomic E-state index is 14.6. The van der Waals surface area contributed by atoms with Crippen LogP contribution in [-0.4, -0.2) is 81.3 Å². The highest BCUT2D eigenvalue weighted by Crippen LogP contribution is 2.59. The SMILES string of the molecule is CC[C@@H](CO)N1C(=O)[C@@H]2[C@H]3C(=O)OCCC=C[C@@]3(CC)O[C@@]23C=CCN(C(C)(C)CC(C)(C)C)C(=O)C13. The highest BCUT2D eigenvalue weighted by molar-refractivity contribution is 5.99. The van der Waals surface area contributed by atoms with E-state index in [1.165, 1.54) is 4.90 Å². The smallest absolute Gasteiger partial charge is 0.313 e. The number of likely N-dealkylation sites (tertiary alicyclic amines) is 1. The molecule has 8 nitrogen and oxygen atoms in total. The monoisotopic (exact) mass is 516 g/mol. The van der Waals surface area contributed by atoms with Crippen LogP contribution in [0.25, 0.3) is 0 Å². The van der Waals surface area contributed by atoms with Crippen LogP contribution in [0.15, 0.2) is 24.3 Å². The normalized spacial score (nSPS) is 34.9. The summed E-state index contributed by atoms with van der Waals surface area (Å²) in [5.74, 6) is -2.80. The molecule has 2 amide bonds. The van der Waals surface area contributed by atoms with Gasteiger partial charge >= 0.3 is 5.97 Å². The maximum Gasteiger partial charge on any atom is 0.313 e. The summed E-state index contributed by atoms with van der Waals surface area (Å²) in [7, 11) is 0. The molecule has 0 aliphatic carbocycles. The van der Waals surface area contributed by atoms with E-state index in [4.69, 9.17) is 9.47 Å². The minimum absolute atomic E-state index is 0.0294. The first-order valence-corrected chi connectivity index (χ1v) is 13.8. The summed E-state index contributed by atoms with van der Waals surface area (Å²) in [5, 5.41) is 10.3. The summed E-state index contributed by atoms with van der Waals surface area (Å²) < 4.78 is 12.5. The average molecular weight is 517 g/mol. The maximum atomic E-state index is 14.6. The quantitative estimate of drug-likeness (QED) is 0.430. The van der Waals surface area contributed by atoms with Crippen molar-refractivity contribution >= 4 is 17.8 Å². The van der Waals surface area contributed by atoms with Gasteiger partial charge in [0.05, 0.1) is 25.2 Å². The summed E-state index contributed by atoms with van der Waals surface area (Å²) in [4.78, 5) is 45.7. The van der Waals surface area contributed by atoms with Crippen LogP contribution >= 0.6 is 0 Å². The first kappa shape index (κ1) is 27.8. The second-order valence-corrected chi connectivity index (χ2v) is 12.9. The van der Waals surface area contributed by atoms with Gasteiger partial charge in [-0.25, -0.2) is 0 Å². The molecule has 8 heteroatoms. The second kappa shape index (κ2) is 9.53. The molecule has 6 atom stereocenters. The van der Waals surface area contributed by atoms with Crippen molar-refractivity contribution in [1.29, 1.82) is 0 Å². The number of cyclic esters (lactones) is 1. The van der Waals surface area contributed by atoms with Crippen LogP contribution in [0.4, 0.5) is 0 Å². The molecule has 1 unspecified atom stereocenters. The van der Waals surface area contributed by atoms with Crippen molar-refractivity contribution in [3.05, 3.63) is 24.3 Å². The number of fused-ring (bicyclic) bond motifs is 2. The number of esters is 1. The van der Waals surface area contributed by atoms with E-state index in [-0.39, 0.29) is 30.4 Å². The molecule has 0 radical (unpaired) electrons. The number of ether oxygens (including phenoxy) is 2. The van der Waals surface area contributed by atoms with E-state index in [2.05, 4.69) is 34.6 Å². The van der Waals surface area contributed by atoms with E-state index in [1.54, 1.807) is 0 Å². The number of carbonyl (C=O) groups excluding carboxylic acids is 3. The Morgan fingerprint density at radius 1 is 1.05 bits per heavy atom. The molecule has 4 rings (SSSR count). The van der Waals surface area contributed by atoms with Gasteiger partial charge in [-0.15, -0.1) is 0 Å². The fraction of sp³-hybridized carbons (Fsp3) is 0.759. The molecule has 37 heavy (non-hydrogen) atoms. The lowest BCUT2D eigenvalue weighted by molar-refractivity contribution is -0.165. The van der Waals surface area contributed by atoms with Crippen LogP contribution in [0.5, 0.6) is 0 Å². The van der Waals surface area contributed by atoms with Gasteiger partial charge in [-0.05, 0) is 44.9 Å². The van der Waals surface area contributed by atoms with Crippen LogP contribution < -0.4 is 0 Å². The number of amides is 2. The molecule has 4 aliphatic rings. The van der Waals surface area contributed by atoms with Crippen molar-refractivity contribution in [3.63, 3.8) is 0 Å². The van der Waals surface area contributed by atoms with Crippen LogP contribution in [0.1, 0.15) is 74.1 Å². The lowest BCUT2D eigenvalue weighted by Crippen LogP contribution is -2.62. The molecule has 2 saturated heterocycles. The Morgan fingerprint density at radius 3 is 2.35 bits per heavy atom. The third-order valence-corrected chi connectivity index (χ3v) is 8.61. The van der Waals surface area contributed by atoms with Gasteiger partial charge < -0.3 is 24.4 Å². The fourth-order valence-electron chi connectivity index (χ4n) is 7.41. The summed E-state index contributed by atoms with van der Waals surface area (Å²) in [6.07, 6.45) is 9.89. The largest absolute Gasteiger partial charge is 0.465 e. The van der Waals surface area contributed by atoms with Gasteiger partial charge in [0, 0.05) is 12.1 Å². The zero-order valence-electron chi connectivity index (χ0n) is 23.5. The van der Waals surface area contributed by atoms with Crippen molar-refractivity contribution < 1.29 is 29.0 Å². The molecule has 206 valence electrons. The van der Waals surface area contributed by atoms with E-state index >= 15 is 0 Å². The summed E-state index contributed by atoms with van der Waals surface area (Å²) in [5.41, 5.74) is -2.92. The van der Waals surface area contributed by atoms with Crippen LogP contribution in [-0.2, 0) is 23.9 Å². The standard InChI is InChI=1S/C29H44N2O6/c1-8-19(17-32)31-22-24(34)30(27(6,7)18-26(3,4)5)15-12-14-29(22)20(23(31)33)21-25(35)36-16-11-10-13-28(21,9-2)37-29/h10,12-14,19-22,32H,8-9,11,15-18H2,1-7H3/t19-,20-,21-,22?,28+,29-/m0/s1. The van der Waals surface area contributed by atoms with E-state index in [0.717, 1.165) is 6.42 Å². The molecule has 1 spiro atoms. The number of hydrogen-bond donors (Lipinski definition) is 1. The molecule has 1 N–H and O–H groups in total. The lowest BCUT2D eigenvalue weighted by atomic mass is 9.73. The molecule has 4 aliphatic heterocycles. The van der Waals surface area contributed by atoms with Crippen molar-refractivity contribution in [2.45, 2.75) is 103 Å². The topological polar surface area (TPSA) is 96.4 Å². The molecule has 0 bridgehead atoms. The van der Waals surface area contributed by atoms with Crippen LogP contribution in [0.3, 0.4) is 0 Å². The number of rotatable bonds is 6. The van der Waals surface area contributed by atoms with Crippen molar-refractivity contribution in [3.8, 4) is 0 Å². The molecular weight excluding hydrogens is 472 g/mol. The van der Waals surface area contributed by atoms with Crippen molar-refractivity contribution in [2.24, 2.45) is 17.3 Å². The third kappa shape index (κ3) is 4.34. The fourth-order valence-corrected chi connectivity index (χ4v) is 7.41. The molecular formula is C29H44N2O6. The van der Waals surface area contributed by atoms with Crippen molar-refractivity contribution in [2.75, 3.05) is 19.8 Å². The second-order valence-electron chi connectivity index (χ2n) is 12.9. The molecule has 0 aromatic rings. The zero-order valence-corrected chi connectivity index (χ0v) is 23.5. The van der Waals surface area contributed by atoms with Gasteiger partial charge in [0.1, 0.15) is 23.2 Å². The summed E-state index contributed by atoms with van der Waals surface area (Å²) in [6, 6.07) is -1.55. The Kier molecular flexibility index (Phi) is 7.17. The molecule has 2 fully saturated rings. The predicted octanol–water partition coefficient (Wildman–Crippen LogP) is 3.23. The average Bonchev–Trinajstić information content (AvgIpc) is 3.14. The molecule has 0 aromatic heterocycles. The molecule has 0 saturated carbocycles. The summed E-state index contributed by atoms with van der Waals surface area (Å²) in [6.45, 7) is 14.7. The van der Waals surface area contributed by atoms with E-state index < -0.39 is 46.6 Å². The Morgan fingerprint density at radius 2 is 1.76 bits per heavy atom. The van der Waals surface area contributed by atoms with Crippen LogP contribution in [0, 0.1) is 17.3 Å². The van der Waals surface area contributed by atoms with Gasteiger partial charge in [-0.3, -0.25) is 14.4 Å². The number of aliphatic hydroxyl groups excluding tert-OH is 1. The number of aliphatic hydroxyl groups is 1. The number of hydrogen-bond acceptors (Lipinski definition) is 6. The minimum atomic E-state index is -1.34. The first-order valence-electron chi connectivity index (χ1n) is 13.8. The number of nitrogens with zero attached hydrogens (tertiary/aromatic N) is 2. The van der Waals surface area contributed by atoms with E-state index in [1.807, 2.05) is 43.1 Å². The highest BCUT2D eigenvalue weighted by Gasteiger charge is 2.76.